The van der Waals surface area contributed by atoms with Gasteiger partial charge in [-0.05, 0) is 26.0 Å². The molecule has 1 heterocycles. The number of aromatic nitrogens is 2. The van der Waals surface area contributed by atoms with Gasteiger partial charge in [0.15, 0.2) is 0 Å². The van der Waals surface area contributed by atoms with Gasteiger partial charge >= 0.3 is 0 Å². The molecule has 1 aromatic heterocycles. The van der Waals surface area contributed by atoms with Gasteiger partial charge in [-0.3, -0.25) is 14.2 Å². The molecule has 2 aromatic rings. The molecular formula is C14H17N3O2. The molecule has 100 valence electrons. The van der Waals surface area contributed by atoms with E-state index in [0.29, 0.717) is 17.4 Å². The number of aryl methyl sites for hydroxylation is 1. The summed E-state index contributed by atoms with van der Waals surface area (Å²) in [7, 11) is 0. The molecule has 1 aromatic carbocycles. The van der Waals surface area contributed by atoms with Gasteiger partial charge in [0.1, 0.15) is 0 Å². The smallest absolute Gasteiger partial charge is 0.261 e. The average Bonchev–Trinajstić information content (AvgIpc) is 2.37. The molecule has 0 aliphatic carbocycles. The van der Waals surface area contributed by atoms with Gasteiger partial charge in [0, 0.05) is 19.0 Å². The molecule has 0 bridgehead atoms. The van der Waals surface area contributed by atoms with E-state index in [1.54, 1.807) is 18.2 Å². The van der Waals surface area contributed by atoms with Crippen molar-refractivity contribution in [3.05, 3.63) is 40.9 Å². The minimum Gasteiger partial charge on any atom is -0.354 e. The number of nitrogens with one attached hydrogen (secondary N) is 1. The SMILES string of the molecule is CC(C)NC(=O)CCn1cnc2ccccc2c1=O. The molecule has 0 radical (unpaired) electrons. The fourth-order valence-electron chi connectivity index (χ4n) is 1.88. The standard InChI is InChI=1S/C14H17N3O2/c1-10(2)16-13(18)7-8-17-9-15-12-6-4-3-5-11(12)14(17)19/h3-6,9-10H,7-8H2,1-2H3,(H,16,18). The molecule has 0 unspecified atom stereocenters. The zero-order valence-electron chi connectivity index (χ0n) is 11.1. The Balaban J connectivity index is 2.16. The maximum absolute atomic E-state index is 12.2. The third-order valence-corrected chi connectivity index (χ3v) is 2.76. The Morgan fingerprint density at radius 1 is 1.37 bits per heavy atom. The van der Waals surface area contributed by atoms with Crippen molar-refractivity contribution in [2.75, 3.05) is 0 Å². The Kier molecular flexibility index (Phi) is 3.94. The van der Waals surface area contributed by atoms with Crippen molar-refractivity contribution in [3.8, 4) is 0 Å². The first-order valence-corrected chi connectivity index (χ1v) is 6.31. The van der Waals surface area contributed by atoms with Crippen LogP contribution in [-0.2, 0) is 11.3 Å². The predicted molar refractivity (Wildman–Crippen MR) is 73.9 cm³/mol. The molecule has 1 N–H and O–H groups in total. The molecule has 0 atom stereocenters. The summed E-state index contributed by atoms with van der Waals surface area (Å²) in [6.07, 6.45) is 1.77. The molecule has 5 heteroatoms. The number of nitrogens with zero attached hydrogens (tertiary/aromatic N) is 2. The van der Waals surface area contributed by atoms with Crippen LogP contribution >= 0.6 is 0 Å². The zero-order valence-corrected chi connectivity index (χ0v) is 11.1. The van der Waals surface area contributed by atoms with Crippen molar-refractivity contribution >= 4 is 16.8 Å². The van der Waals surface area contributed by atoms with E-state index in [-0.39, 0.29) is 23.9 Å². The van der Waals surface area contributed by atoms with Crippen molar-refractivity contribution in [2.24, 2.45) is 0 Å². The Morgan fingerprint density at radius 3 is 2.84 bits per heavy atom. The van der Waals surface area contributed by atoms with Gasteiger partial charge in [0.2, 0.25) is 5.91 Å². The number of hydrogen-bond donors (Lipinski definition) is 1. The van der Waals surface area contributed by atoms with Gasteiger partial charge in [-0.2, -0.15) is 0 Å². The maximum atomic E-state index is 12.2. The Morgan fingerprint density at radius 2 is 2.11 bits per heavy atom. The van der Waals surface area contributed by atoms with E-state index < -0.39 is 0 Å². The first-order valence-electron chi connectivity index (χ1n) is 6.31. The lowest BCUT2D eigenvalue weighted by molar-refractivity contribution is -0.121. The Bertz CT molecular complexity index is 646. The molecule has 0 fully saturated rings. The topological polar surface area (TPSA) is 64.0 Å². The summed E-state index contributed by atoms with van der Waals surface area (Å²) in [6.45, 7) is 4.15. The second kappa shape index (κ2) is 5.65. The van der Waals surface area contributed by atoms with Gasteiger partial charge in [-0.15, -0.1) is 0 Å². The third kappa shape index (κ3) is 3.19. The second-order valence-corrected chi connectivity index (χ2v) is 4.73. The summed E-state index contributed by atoms with van der Waals surface area (Å²) in [6, 6.07) is 7.30. The number of para-hydroxylation sites is 1. The largest absolute Gasteiger partial charge is 0.354 e. The Labute approximate surface area is 111 Å². The predicted octanol–water partition coefficient (Wildman–Crippen LogP) is 1.31. The van der Waals surface area contributed by atoms with Crippen LogP contribution in [0.4, 0.5) is 0 Å². The van der Waals surface area contributed by atoms with Gasteiger partial charge in [0.05, 0.1) is 17.2 Å². The summed E-state index contributed by atoms with van der Waals surface area (Å²) in [4.78, 5) is 27.9. The first-order chi connectivity index (χ1) is 9.08. The average molecular weight is 259 g/mol. The molecule has 0 saturated carbocycles. The van der Waals surface area contributed by atoms with Crippen LogP contribution in [0.1, 0.15) is 20.3 Å². The highest BCUT2D eigenvalue weighted by Gasteiger charge is 2.06. The van der Waals surface area contributed by atoms with Crippen molar-refractivity contribution in [3.63, 3.8) is 0 Å². The van der Waals surface area contributed by atoms with E-state index in [4.69, 9.17) is 0 Å². The van der Waals surface area contributed by atoms with Crippen molar-refractivity contribution in [2.45, 2.75) is 32.9 Å². The maximum Gasteiger partial charge on any atom is 0.261 e. The number of carbonyl (C=O) groups excluding carboxylic acids is 1. The third-order valence-electron chi connectivity index (χ3n) is 2.76. The van der Waals surface area contributed by atoms with E-state index in [1.807, 2.05) is 19.9 Å². The number of benzene rings is 1. The number of amides is 1. The molecule has 0 aliphatic heterocycles. The van der Waals surface area contributed by atoms with Gasteiger partial charge in [-0.25, -0.2) is 4.98 Å². The number of rotatable bonds is 4. The highest BCUT2D eigenvalue weighted by Crippen LogP contribution is 2.04. The molecule has 0 aliphatic rings. The van der Waals surface area contributed by atoms with E-state index in [1.165, 1.54) is 10.9 Å². The van der Waals surface area contributed by atoms with Crippen LogP contribution in [0.3, 0.4) is 0 Å². The summed E-state index contributed by atoms with van der Waals surface area (Å²) >= 11 is 0. The summed E-state index contributed by atoms with van der Waals surface area (Å²) in [5, 5.41) is 3.37. The van der Waals surface area contributed by atoms with E-state index in [0.717, 1.165) is 0 Å². The molecule has 0 spiro atoms. The van der Waals surface area contributed by atoms with Crippen molar-refractivity contribution < 1.29 is 4.79 Å². The number of carbonyl (C=O) groups is 1. The lowest BCUT2D eigenvalue weighted by Crippen LogP contribution is -2.32. The Hall–Kier alpha value is -2.17. The highest BCUT2D eigenvalue weighted by atomic mass is 16.2. The van der Waals surface area contributed by atoms with E-state index in [2.05, 4.69) is 10.3 Å². The van der Waals surface area contributed by atoms with Gasteiger partial charge < -0.3 is 5.32 Å². The van der Waals surface area contributed by atoms with Crippen LogP contribution in [0.15, 0.2) is 35.4 Å². The monoisotopic (exact) mass is 259 g/mol. The van der Waals surface area contributed by atoms with Crippen molar-refractivity contribution in [1.29, 1.82) is 0 Å². The minimum absolute atomic E-state index is 0.0601. The molecule has 1 amide bonds. The minimum atomic E-state index is -0.108. The van der Waals surface area contributed by atoms with Crippen LogP contribution in [0.2, 0.25) is 0 Å². The highest BCUT2D eigenvalue weighted by molar-refractivity contribution is 5.77. The molecular weight excluding hydrogens is 242 g/mol. The van der Waals surface area contributed by atoms with E-state index in [9.17, 15) is 9.59 Å². The summed E-state index contributed by atoms with van der Waals surface area (Å²) in [5.41, 5.74) is 0.568. The number of fused-ring (bicyclic) bond motifs is 1. The fourth-order valence-corrected chi connectivity index (χ4v) is 1.88. The van der Waals surface area contributed by atoms with Crippen molar-refractivity contribution in [1.82, 2.24) is 14.9 Å². The zero-order chi connectivity index (χ0) is 13.8. The van der Waals surface area contributed by atoms with Crippen LogP contribution < -0.4 is 10.9 Å². The van der Waals surface area contributed by atoms with Gasteiger partial charge in [0.25, 0.3) is 5.56 Å². The van der Waals surface area contributed by atoms with Crippen LogP contribution in [0, 0.1) is 0 Å². The lowest BCUT2D eigenvalue weighted by Gasteiger charge is -2.09. The van der Waals surface area contributed by atoms with Gasteiger partial charge in [-0.1, -0.05) is 12.1 Å². The van der Waals surface area contributed by atoms with E-state index >= 15 is 0 Å². The normalized spacial score (nSPS) is 10.9. The van der Waals surface area contributed by atoms with Crippen LogP contribution in [0.25, 0.3) is 10.9 Å². The summed E-state index contributed by atoms with van der Waals surface area (Å²) in [5.74, 6) is -0.0601. The number of hydrogen-bond acceptors (Lipinski definition) is 3. The van der Waals surface area contributed by atoms with Crippen LogP contribution in [-0.4, -0.2) is 21.5 Å². The first kappa shape index (κ1) is 13.3. The molecule has 2 rings (SSSR count). The lowest BCUT2D eigenvalue weighted by atomic mass is 10.2. The fraction of sp³-hybridized carbons (Fsp3) is 0.357. The quantitative estimate of drug-likeness (QED) is 0.900. The molecule has 0 saturated heterocycles. The van der Waals surface area contributed by atoms with Crippen LogP contribution in [0.5, 0.6) is 0 Å². The summed E-state index contributed by atoms with van der Waals surface area (Å²) < 4.78 is 1.47. The molecule has 5 nitrogen and oxygen atoms in total. The molecule has 19 heavy (non-hydrogen) atoms. The second-order valence-electron chi connectivity index (χ2n) is 4.73.